The molecule has 2 aromatic heterocycles. The molecule has 7 rings (SSSR count). The molecule has 4 aromatic rings. The summed E-state index contributed by atoms with van der Waals surface area (Å²) in [4.78, 5) is 10.7. The first-order valence-corrected chi connectivity index (χ1v) is 16.3. The van der Waals surface area contributed by atoms with E-state index in [2.05, 4.69) is 22.2 Å². The minimum atomic E-state index is -2.35. The van der Waals surface area contributed by atoms with Gasteiger partial charge in [0, 0.05) is 60.5 Å². The molecule has 46 heavy (non-hydrogen) atoms. The number of fused-ring (bicyclic) bond motifs is 2. The number of benzene rings is 2. The molecule has 244 valence electrons. The Hall–Kier alpha value is -3.44. The third-order valence-corrected chi connectivity index (χ3v) is 10.3. The summed E-state index contributed by atoms with van der Waals surface area (Å²) >= 11 is 7.56. The van der Waals surface area contributed by atoms with E-state index in [1.54, 1.807) is 6.07 Å². The van der Waals surface area contributed by atoms with Crippen molar-refractivity contribution >= 4 is 54.7 Å². The van der Waals surface area contributed by atoms with Crippen LogP contribution in [-0.2, 0) is 4.74 Å². The molecule has 3 aliphatic rings. The molecular formula is C32H33ClF4N6O2S. The minimum absolute atomic E-state index is 0.000584. The van der Waals surface area contributed by atoms with Crippen molar-refractivity contribution in [3.05, 3.63) is 40.4 Å². The van der Waals surface area contributed by atoms with Gasteiger partial charge in [-0.15, -0.1) is 11.3 Å². The first kappa shape index (κ1) is 32.5. The van der Waals surface area contributed by atoms with Crippen molar-refractivity contribution in [2.45, 2.75) is 50.5 Å². The molecule has 1 saturated heterocycles. The number of methoxy groups -OCH3 is 1. The Morgan fingerprint density at radius 2 is 1.98 bits per heavy atom. The zero-order chi connectivity index (χ0) is 32.8. The average molecular weight is 677 g/mol. The lowest BCUT2D eigenvalue weighted by molar-refractivity contribution is 0.0934. The van der Waals surface area contributed by atoms with Crippen LogP contribution in [0, 0.1) is 28.9 Å². The second-order valence-corrected chi connectivity index (χ2v) is 13.6. The topological polar surface area (TPSA) is 109 Å². The molecule has 0 bridgehead atoms. The Kier molecular flexibility index (Phi) is 8.93. The van der Waals surface area contributed by atoms with E-state index >= 15 is 4.39 Å². The van der Waals surface area contributed by atoms with E-state index in [-0.39, 0.29) is 66.2 Å². The average Bonchev–Trinajstić information content (AvgIpc) is 3.61. The van der Waals surface area contributed by atoms with Gasteiger partial charge < -0.3 is 25.4 Å². The summed E-state index contributed by atoms with van der Waals surface area (Å²) in [6.07, 6.45) is 4.41. The number of hydrogen-bond donors (Lipinski definition) is 2. The molecule has 3 heterocycles. The highest BCUT2D eigenvalue weighted by atomic mass is 35.5. The van der Waals surface area contributed by atoms with E-state index in [9.17, 15) is 18.4 Å². The second kappa shape index (κ2) is 12.6. The van der Waals surface area contributed by atoms with Gasteiger partial charge in [0.15, 0.2) is 5.82 Å². The van der Waals surface area contributed by atoms with E-state index in [1.165, 1.54) is 25.7 Å². The lowest BCUT2D eigenvalue weighted by atomic mass is 9.78. The second-order valence-electron chi connectivity index (χ2n) is 12.1. The van der Waals surface area contributed by atoms with Gasteiger partial charge in [-0.25, -0.2) is 17.6 Å². The molecule has 1 unspecified atom stereocenters. The summed E-state index contributed by atoms with van der Waals surface area (Å²) in [7, 11) is 1.40. The maximum atomic E-state index is 16.2. The molecule has 0 spiro atoms. The Balaban J connectivity index is 0.000000259. The van der Waals surface area contributed by atoms with Gasteiger partial charge in [0.1, 0.15) is 28.2 Å². The van der Waals surface area contributed by atoms with Crippen LogP contribution in [0.5, 0.6) is 6.01 Å². The lowest BCUT2D eigenvalue weighted by Crippen LogP contribution is -2.49. The van der Waals surface area contributed by atoms with Crippen LogP contribution >= 0.6 is 22.9 Å². The van der Waals surface area contributed by atoms with Crippen molar-refractivity contribution < 1.29 is 27.0 Å². The number of halogens is 5. The molecule has 1 atom stereocenters. The van der Waals surface area contributed by atoms with E-state index in [4.69, 9.17) is 26.8 Å². The molecule has 0 radical (unpaired) electrons. The van der Waals surface area contributed by atoms with Gasteiger partial charge in [-0.3, -0.25) is 0 Å². The third-order valence-electron chi connectivity index (χ3n) is 8.93. The number of alkyl halides is 2. The lowest BCUT2D eigenvalue weighted by Gasteiger charge is -2.39. The predicted octanol–water partition coefficient (Wildman–Crippen LogP) is 7.31. The number of aromatic nitrogens is 2. The highest BCUT2D eigenvalue weighted by molar-refractivity contribution is 7.23. The normalized spacial score (nSPS) is 20.0. The van der Waals surface area contributed by atoms with Crippen molar-refractivity contribution in [1.29, 1.82) is 5.26 Å². The Bertz CT molecular complexity index is 1840. The number of nitrogen functional groups attached to an aromatic ring is 1. The molecule has 2 aliphatic carbocycles. The molecule has 8 nitrogen and oxygen atoms in total. The van der Waals surface area contributed by atoms with Crippen molar-refractivity contribution in [1.82, 2.24) is 15.3 Å². The molecule has 3 N–H and O–H groups in total. The highest BCUT2D eigenvalue weighted by Gasteiger charge is 2.56. The summed E-state index contributed by atoms with van der Waals surface area (Å²) < 4.78 is 66.5. The summed E-state index contributed by atoms with van der Waals surface area (Å²) in [5, 5.41) is 13.7. The van der Waals surface area contributed by atoms with Gasteiger partial charge in [-0.1, -0.05) is 17.7 Å². The Morgan fingerprint density at radius 3 is 2.63 bits per heavy atom. The van der Waals surface area contributed by atoms with Crippen LogP contribution in [0.2, 0.25) is 5.02 Å². The first-order valence-electron chi connectivity index (χ1n) is 15.1. The Morgan fingerprint density at radius 1 is 1.22 bits per heavy atom. The van der Waals surface area contributed by atoms with Gasteiger partial charge in [0.2, 0.25) is 0 Å². The number of rotatable bonds is 6. The maximum Gasteiger partial charge on any atom is 0.318 e. The zero-order valence-electron chi connectivity index (χ0n) is 25.4. The van der Waals surface area contributed by atoms with E-state index < -0.39 is 17.6 Å². The Labute approximate surface area is 272 Å². The molecular weight excluding hydrogens is 644 g/mol. The van der Waals surface area contributed by atoms with Gasteiger partial charge in [-0.2, -0.15) is 15.2 Å². The van der Waals surface area contributed by atoms with Crippen LogP contribution in [0.3, 0.4) is 0 Å². The van der Waals surface area contributed by atoms with Crippen molar-refractivity contribution in [3.8, 4) is 23.2 Å². The van der Waals surface area contributed by atoms with Gasteiger partial charge >= 0.3 is 6.01 Å². The third kappa shape index (κ3) is 6.15. The highest BCUT2D eigenvalue weighted by Crippen LogP contribution is 2.49. The van der Waals surface area contributed by atoms with Gasteiger partial charge in [0.05, 0.1) is 29.0 Å². The fourth-order valence-corrected chi connectivity index (χ4v) is 7.19. The molecule has 0 amide bonds. The van der Waals surface area contributed by atoms with Crippen LogP contribution < -0.4 is 20.7 Å². The quantitative estimate of drug-likeness (QED) is 0.205. The van der Waals surface area contributed by atoms with Gasteiger partial charge in [-0.05, 0) is 50.3 Å². The number of nitrogens with zero attached hydrogens (tertiary/aromatic N) is 4. The number of anilines is 2. The number of nitriles is 1. The maximum absolute atomic E-state index is 16.2. The summed E-state index contributed by atoms with van der Waals surface area (Å²) in [5.41, 5.74) is 6.47. The molecule has 1 aliphatic heterocycles. The predicted molar refractivity (Wildman–Crippen MR) is 172 cm³/mol. The van der Waals surface area contributed by atoms with E-state index in [0.29, 0.717) is 44.1 Å². The van der Waals surface area contributed by atoms with E-state index in [0.717, 1.165) is 30.6 Å². The van der Waals surface area contributed by atoms with Crippen LogP contribution in [0.25, 0.3) is 32.1 Å². The van der Waals surface area contributed by atoms with Crippen molar-refractivity contribution in [3.63, 3.8) is 0 Å². The van der Waals surface area contributed by atoms with Crippen LogP contribution in [-0.4, -0.2) is 61.4 Å². The first-order chi connectivity index (χ1) is 22.0. The number of thiophene rings is 1. The zero-order valence-corrected chi connectivity index (χ0v) is 26.9. The number of nitrogens with one attached hydrogen (secondary N) is 1. The standard InChI is InChI=1S/C23H18ClF2N5O2S.C9H15F2N/c1-32-23-29-19-12(22(30-23)31-5-2-7-33-8-6-31)9-14(24)17(18(19)26)11-3-4-15(25)20-16(11)13(10-27)21(28)34-20;1-8(3-2-4-8)12-6-7-5-9(7,10)11/h3-4,9H,2,5-8,28H2,1H3;7,12H,2-6H2,1H3. The number of hydrogen-bond acceptors (Lipinski definition) is 9. The summed E-state index contributed by atoms with van der Waals surface area (Å²) in [6.45, 7) is 4.98. The van der Waals surface area contributed by atoms with Crippen LogP contribution in [0.1, 0.15) is 44.6 Å². The summed E-state index contributed by atoms with van der Waals surface area (Å²) in [5.74, 6) is -3.52. The van der Waals surface area contributed by atoms with Gasteiger partial charge in [0.25, 0.3) is 5.92 Å². The number of nitrogens with two attached hydrogens (primary N) is 1. The summed E-state index contributed by atoms with van der Waals surface area (Å²) in [6, 6.07) is 6.19. The minimum Gasteiger partial charge on any atom is -0.467 e. The smallest absolute Gasteiger partial charge is 0.318 e. The van der Waals surface area contributed by atoms with E-state index in [1.807, 2.05) is 11.0 Å². The fraction of sp³-hybridized carbons (Fsp3) is 0.469. The molecule has 14 heteroatoms. The number of ether oxygens (including phenoxy) is 2. The molecule has 3 fully saturated rings. The molecule has 2 aromatic carbocycles. The fourth-order valence-electron chi connectivity index (χ4n) is 5.95. The van der Waals surface area contributed by atoms with Crippen molar-refractivity contribution in [2.24, 2.45) is 5.92 Å². The SMILES string of the molecule is CC1(NCC2CC2(F)F)CCC1.COc1nc(N2CCCOCC2)c2cc(Cl)c(-c3ccc(F)c4sc(N)c(C#N)c34)c(F)c2n1. The van der Waals surface area contributed by atoms with Crippen LogP contribution in [0.15, 0.2) is 18.2 Å². The molecule has 2 saturated carbocycles. The van der Waals surface area contributed by atoms with Crippen LogP contribution in [0.4, 0.5) is 28.4 Å². The monoisotopic (exact) mass is 676 g/mol. The van der Waals surface area contributed by atoms with Crippen molar-refractivity contribution in [2.75, 3.05) is 50.6 Å². The largest absolute Gasteiger partial charge is 0.467 e.